The van der Waals surface area contributed by atoms with Gasteiger partial charge in [0.15, 0.2) is 0 Å². The molecular weight excluding hydrogens is 364 g/mol. The number of rotatable bonds is 5. The number of aryl methyl sites for hydroxylation is 1. The Morgan fingerprint density at radius 3 is 2.78 bits per heavy atom. The number of carbonyl (C=O) groups excluding carboxylic acids is 1. The van der Waals surface area contributed by atoms with Crippen molar-refractivity contribution in [3.05, 3.63) is 81.6 Å². The summed E-state index contributed by atoms with van der Waals surface area (Å²) >= 11 is 6.23. The van der Waals surface area contributed by atoms with Crippen LogP contribution in [0, 0.1) is 13.8 Å². The quantitative estimate of drug-likeness (QED) is 0.522. The highest BCUT2D eigenvalue weighted by atomic mass is 35.5. The normalized spacial score (nSPS) is 11.1. The number of phenolic OH excluding ortho intramolecular Hbond substituents is 1. The van der Waals surface area contributed by atoms with Gasteiger partial charge in [0.1, 0.15) is 5.75 Å². The molecule has 3 rings (SSSR count). The van der Waals surface area contributed by atoms with Crippen LogP contribution in [0.15, 0.2) is 53.6 Å². The fourth-order valence-corrected chi connectivity index (χ4v) is 2.90. The molecule has 138 valence electrons. The first-order valence-electron chi connectivity index (χ1n) is 8.35. The molecule has 0 unspecified atom stereocenters. The Balaban J connectivity index is 1.74. The molecule has 2 aromatic carbocycles. The lowest BCUT2D eigenvalue weighted by Gasteiger charge is -2.06. The maximum absolute atomic E-state index is 12.1. The molecule has 0 saturated carbocycles. The number of nitrogens with zero attached hydrogens (tertiary/aromatic N) is 3. The van der Waals surface area contributed by atoms with Gasteiger partial charge in [-0.1, -0.05) is 35.9 Å². The summed E-state index contributed by atoms with van der Waals surface area (Å²) in [6, 6.07) is 13.7. The van der Waals surface area contributed by atoms with Gasteiger partial charge >= 0.3 is 0 Å². The van der Waals surface area contributed by atoms with Crippen LogP contribution in [0.3, 0.4) is 0 Å². The number of nitrogens with one attached hydrogen (secondary N) is 1. The van der Waals surface area contributed by atoms with Crippen molar-refractivity contribution in [2.45, 2.75) is 20.4 Å². The highest BCUT2D eigenvalue weighted by molar-refractivity contribution is 6.31. The summed E-state index contributed by atoms with van der Waals surface area (Å²) in [4.78, 5) is 12.1. The van der Waals surface area contributed by atoms with Crippen LogP contribution < -0.4 is 5.43 Å². The van der Waals surface area contributed by atoms with E-state index in [4.69, 9.17) is 11.6 Å². The fourth-order valence-electron chi connectivity index (χ4n) is 2.71. The Labute approximate surface area is 162 Å². The molecule has 0 bridgehead atoms. The molecule has 0 saturated heterocycles. The Kier molecular flexibility index (Phi) is 5.57. The molecule has 7 heteroatoms. The van der Waals surface area contributed by atoms with Gasteiger partial charge in [-0.2, -0.15) is 10.2 Å². The Morgan fingerprint density at radius 2 is 2.04 bits per heavy atom. The van der Waals surface area contributed by atoms with Gasteiger partial charge in [0.2, 0.25) is 0 Å². The minimum absolute atomic E-state index is 0.0270. The van der Waals surface area contributed by atoms with Gasteiger partial charge in [-0.3, -0.25) is 9.48 Å². The minimum Gasteiger partial charge on any atom is -0.508 e. The lowest BCUT2D eigenvalue weighted by atomic mass is 10.2. The zero-order chi connectivity index (χ0) is 19.4. The van der Waals surface area contributed by atoms with E-state index in [0.29, 0.717) is 17.1 Å². The van der Waals surface area contributed by atoms with E-state index < -0.39 is 5.91 Å². The van der Waals surface area contributed by atoms with Crippen LogP contribution in [0.2, 0.25) is 5.02 Å². The second-order valence-corrected chi connectivity index (χ2v) is 6.49. The van der Waals surface area contributed by atoms with E-state index in [-0.39, 0.29) is 5.75 Å². The summed E-state index contributed by atoms with van der Waals surface area (Å²) in [6.45, 7) is 4.37. The number of carbonyl (C=O) groups is 1. The number of aromatic nitrogens is 2. The minimum atomic E-state index is -0.402. The second-order valence-electron chi connectivity index (χ2n) is 6.08. The molecule has 0 aliphatic rings. The Bertz CT molecular complexity index is 1010. The van der Waals surface area contributed by atoms with E-state index in [1.807, 2.05) is 42.8 Å². The number of phenols is 1. The van der Waals surface area contributed by atoms with Gasteiger partial charge in [0.05, 0.1) is 18.5 Å². The van der Waals surface area contributed by atoms with Crippen molar-refractivity contribution in [1.29, 1.82) is 0 Å². The predicted molar refractivity (Wildman–Crippen MR) is 105 cm³/mol. The molecule has 1 aromatic heterocycles. The lowest BCUT2D eigenvalue weighted by Crippen LogP contribution is -2.17. The van der Waals surface area contributed by atoms with Crippen molar-refractivity contribution in [1.82, 2.24) is 15.2 Å². The lowest BCUT2D eigenvalue weighted by molar-refractivity contribution is 0.0954. The number of amides is 1. The van der Waals surface area contributed by atoms with E-state index in [1.165, 1.54) is 12.1 Å². The second kappa shape index (κ2) is 8.05. The predicted octanol–water partition coefficient (Wildman–Crippen LogP) is 3.67. The smallest absolute Gasteiger partial charge is 0.271 e. The third-order valence-electron chi connectivity index (χ3n) is 4.18. The number of hydrogen-bond acceptors (Lipinski definition) is 4. The maximum Gasteiger partial charge on any atom is 0.271 e. The molecule has 0 aliphatic carbocycles. The first kappa shape index (κ1) is 18.7. The van der Waals surface area contributed by atoms with Crippen LogP contribution in [-0.2, 0) is 6.54 Å². The topological polar surface area (TPSA) is 79.5 Å². The van der Waals surface area contributed by atoms with E-state index in [9.17, 15) is 9.90 Å². The van der Waals surface area contributed by atoms with E-state index in [1.54, 1.807) is 18.3 Å². The van der Waals surface area contributed by atoms with Gasteiger partial charge in [-0.25, -0.2) is 5.43 Å². The number of benzene rings is 2. The van der Waals surface area contributed by atoms with Gasteiger partial charge in [0, 0.05) is 21.8 Å². The van der Waals surface area contributed by atoms with Crippen LogP contribution >= 0.6 is 11.6 Å². The van der Waals surface area contributed by atoms with Gasteiger partial charge in [0.25, 0.3) is 5.91 Å². The molecule has 27 heavy (non-hydrogen) atoms. The van der Waals surface area contributed by atoms with Crippen molar-refractivity contribution in [3.63, 3.8) is 0 Å². The molecule has 1 heterocycles. The third-order valence-corrected chi connectivity index (χ3v) is 4.55. The summed E-state index contributed by atoms with van der Waals surface area (Å²) in [7, 11) is 0. The SMILES string of the molecule is Cc1nn(Cc2ccccc2Cl)c(C)c1/C=N\NC(=O)c1cccc(O)c1. The number of hydrogen-bond donors (Lipinski definition) is 2. The molecule has 3 aromatic rings. The van der Waals surface area contributed by atoms with Crippen molar-refractivity contribution < 1.29 is 9.90 Å². The molecule has 2 N–H and O–H groups in total. The van der Waals surface area contributed by atoms with Crippen LogP contribution in [0.25, 0.3) is 0 Å². The molecule has 0 radical (unpaired) electrons. The standard InChI is InChI=1S/C20H19ClN4O2/c1-13-18(11-22-23-20(27)15-7-5-8-17(26)10-15)14(2)25(24-13)12-16-6-3-4-9-19(16)21/h3-11,26H,12H2,1-2H3,(H,23,27)/b22-11-. The first-order valence-corrected chi connectivity index (χ1v) is 8.73. The molecule has 0 aliphatic heterocycles. The summed E-state index contributed by atoms with van der Waals surface area (Å²) in [5, 5.41) is 18.7. The zero-order valence-corrected chi connectivity index (χ0v) is 15.7. The highest BCUT2D eigenvalue weighted by Crippen LogP contribution is 2.18. The number of hydrazone groups is 1. The van der Waals surface area contributed by atoms with Gasteiger partial charge < -0.3 is 5.11 Å². The van der Waals surface area contributed by atoms with E-state index in [0.717, 1.165) is 22.5 Å². The summed E-state index contributed by atoms with van der Waals surface area (Å²) < 4.78 is 1.86. The van der Waals surface area contributed by atoms with Crippen molar-refractivity contribution in [2.24, 2.45) is 5.10 Å². The summed E-state index contributed by atoms with van der Waals surface area (Å²) in [5.41, 5.74) is 6.32. The monoisotopic (exact) mass is 382 g/mol. The first-order chi connectivity index (χ1) is 13.0. The van der Waals surface area contributed by atoms with Gasteiger partial charge in [-0.15, -0.1) is 0 Å². The van der Waals surface area contributed by atoms with Crippen LogP contribution in [0.5, 0.6) is 5.75 Å². The van der Waals surface area contributed by atoms with Crippen LogP contribution in [-0.4, -0.2) is 27.0 Å². The van der Waals surface area contributed by atoms with Gasteiger partial charge in [-0.05, 0) is 43.7 Å². The van der Waals surface area contributed by atoms with Crippen molar-refractivity contribution >= 4 is 23.7 Å². The van der Waals surface area contributed by atoms with Crippen molar-refractivity contribution in [2.75, 3.05) is 0 Å². The summed E-state index contributed by atoms with van der Waals surface area (Å²) in [5.74, 6) is -0.375. The van der Waals surface area contributed by atoms with Crippen molar-refractivity contribution in [3.8, 4) is 5.75 Å². The molecule has 0 atom stereocenters. The molecular formula is C20H19ClN4O2. The largest absolute Gasteiger partial charge is 0.508 e. The molecule has 1 amide bonds. The fraction of sp³-hybridized carbons (Fsp3) is 0.150. The van der Waals surface area contributed by atoms with Crippen LogP contribution in [0.1, 0.15) is 32.9 Å². The zero-order valence-electron chi connectivity index (χ0n) is 15.0. The average Bonchev–Trinajstić information content (AvgIpc) is 2.91. The third kappa shape index (κ3) is 4.35. The molecule has 0 spiro atoms. The van der Waals surface area contributed by atoms with E-state index in [2.05, 4.69) is 15.6 Å². The maximum atomic E-state index is 12.1. The molecule has 6 nitrogen and oxygen atoms in total. The summed E-state index contributed by atoms with van der Waals surface area (Å²) in [6.07, 6.45) is 1.57. The Hall–Kier alpha value is -3.12. The highest BCUT2D eigenvalue weighted by Gasteiger charge is 2.11. The van der Waals surface area contributed by atoms with Crippen LogP contribution in [0.4, 0.5) is 0 Å². The molecule has 0 fully saturated rings. The average molecular weight is 383 g/mol. The number of halogens is 1. The van der Waals surface area contributed by atoms with E-state index >= 15 is 0 Å². The number of aromatic hydroxyl groups is 1. The Morgan fingerprint density at radius 1 is 1.26 bits per heavy atom.